The summed E-state index contributed by atoms with van der Waals surface area (Å²) in [5, 5.41) is 8.17. The summed E-state index contributed by atoms with van der Waals surface area (Å²) in [5.74, 6) is -0.0106. The van der Waals surface area contributed by atoms with Crippen molar-refractivity contribution in [2.75, 3.05) is 11.9 Å². The van der Waals surface area contributed by atoms with Gasteiger partial charge in [-0.15, -0.1) is 11.3 Å². The van der Waals surface area contributed by atoms with E-state index >= 15 is 0 Å². The van der Waals surface area contributed by atoms with Crippen molar-refractivity contribution in [3.8, 4) is 11.3 Å². The molecule has 33 heavy (non-hydrogen) atoms. The number of fused-ring (bicyclic) bond motifs is 1. The SMILES string of the molecule is CCCOC(=O)c1c(NC(=O)c2c(-c3c(Cl)cccc3Cl)noc2C)sc2c1CC[C@H](C)C2. The number of anilines is 1. The number of benzene rings is 1. The molecule has 2 aromatic heterocycles. The second-order valence-electron chi connectivity index (χ2n) is 8.20. The van der Waals surface area contributed by atoms with Crippen molar-refractivity contribution in [3.05, 3.63) is 55.6 Å². The Hall–Kier alpha value is -2.35. The Labute approximate surface area is 206 Å². The van der Waals surface area contributed by atoms with Crippen molar-refractivity contribution >= 4 is 51.4 Å². The molecule has 1 aliphatic rings. The normalized spacial score (nSPS) is 15.2. The van der Waals surface area contributed by atoms with Crippen LogP contribution in [-0.2, 0) is 17.6 Å². The number of aryl methyl sites for hydroxylation is 1. The van der Waals surface area contributed by atoms with Crippen LogP contribution in [0.5, 0.6) is 0 Å². The highest BCUT2D eigenvalue weighted by molar-refractivity contribution is 7.17. The molecule has 4 rings (SSSR count). The lowest BCUT2D eigenvalue weighted by molar-refractivity contribution is 0.0505. The fourth-order valence-electron chi connectivity index (χ4n) is 4.02. The van der Waals surface area contributed by atoms with E-state index in [4.69, 9.17) is 32.5 Å². The molecule has 3 aromatic rings. The van der Waals surface area contributed by atoms with Gasteiger partial charge in [-0.25, -0.2) is 4.79 Å². The molecule has 9 heteroatoms. The molecule has 6 nitrogen and oxygen atoms in total. The number of hydrogen-bond donors (Lipinski definition) is 1. The van der Waals surface area contributed by atoms with E-state index in [0.717, 1.165) is 36.1 Å². The third-order valence-corrected chi connectivity index (χ3v) is 7.47. The van der Waals surface area contributed by atoms with Gasteiger partial charge >= 0.3 is 5.97 Å². The first-order chi connectivity index (χ1) is 15.8. The van der Waals surface area contributed by atoms with Crippen molar-refractivity contribution < 1.29 is 18.8 Å². The number of carbonyl (C=O) groups is 2. The molecule has 1 atom stereocenters. The minimum Gasteiger partial charge on any atom is -0.462 e. The number of esters is 1. The van der Waals surface area contributed by atoms with Crippen molar-refractivity contribution in [2.45, 2.75) is 46.5 Å². The van der Waals surface area contributed by atoms with Crippen molar-refractivity contribution in [3.63, 3.8) is 0 Å². The van der Waals surface area contributed by atoms with E-state index < -0.39 is 11.9 Å². The molecular formula is C24H24Cl2N2O4S. The molecule has 2 heterocycles. The molecule has 0 fully saturated rings. The van der Waals surface area contributed by atoms with E-state index in [1.165, 1.54) is 11.3 Å². The predicted octanol–water partition coefficient (Wildman–Crippen LogP) is 6.96. The molecule has 0 saturated heterocycles. The molecule has 1 aromatic carbocycles. The first-order valence-corrected chi connectivity index (χ1v) is 12.4. The topological polar surface area (TPSA) is 81.4 Å². The van der Waals surface area contributed by atoms with Gasteiger partial charge < -0.3 is 14.6 Å². The molecule has 1 amide bonds. The van der Waals surface area contributed by atoms with Crippen LogP contribution in [0.2, 0.25) is 10.0 Å². The summed E-state index contributed by atoms with van der Waals surface area (Å²) in [4.78, 5) is 27.5. The molecule has 0 saturated carbocycles. The number of aromatic nitrogens is 1. The van der Waals surface area contributed by atoms with Crippen LogP contribution in [0.4, 0.5) is 5.00 Å². The fourth-order valence-corrected chi connectivity index (χ4v) is 5.99. The Morgan fingerprint density at radius 1 is 1.27 bits per heavy atom. The molecule has 0 unspecified atom stereocenters. The largest absolute Gasteiger partial charge is 0.462 e. The average Bonchev–Trinajstić information content (AvgIpc) is 3.31. The van der Waals surface area contributed by atoms with Crippen molar-refractivity contribution in [1.29, 1.82) is 0 Å². The fraction of sp³-hybridized carbons (Fsp3) is 0.375. The smallest absolute Gasteiger partial charge is 0.341 e. The highest BCUT2D eigenvalue weighted by Gasteiger charge is 2.31. The third kappa shape index (κ3) is 4.67. The maximum atomic E-state index is 13.4. The van der Waals surface area contributed by atoms with E-state index in [-0.39, 0.29) is 11.3 Å². The number of rotatable bonds is 6. The van der Waals surface area contributed by atoms with E-state index in [1.807, 2.05) is 6.92 Å². The zero-order chi connectivity index (χ0) is 23.7. The number of hydrogen-bond acceptors (Lipinski definition) is 6. The Morgan fingerprint density at radius 2 is 2.00 bits per heavy atom. The molecule has 1 aliphatic carbocycles. The molecule has 0 radical (unpaired) electrons. The number of nitrogens with zero attached hydrogens (tertiary/aromatic N) is 1. The Bertz CT molecular complexity index is 1200. The zero-order valence-corrected chi connectivity index (χ0v) is 20.9. The lowest BCUT2D eigenvalue weighted by Gasteiger charge is -2.18. The number of ether oxygens (including phenoxy) is 1. The summed E-state index contributed by atoms with van der Waals surface area (Å²) in [7, 11) is 0. The average molecular weight is 507 g/mol. The van der Waals surface area contributed by atoms with Crippen LogP contribution in [0.1, 0.15) is 63.6 Å². The minimum atomic E-state index is -0.448. The quantitative estimate of drug-likeness (QED) is 0.365. The van der Waals surface area contributed by atoms with Crippen molar-refractivity contribution in [2.24, 2.45) is 5.92 Å². The van der Waals surface area contributed by atoms with Gasteiger partial charge in [-0.1, -0.05) is 48.3 Å². The molecule has 0 spiro atoms. The van der Waals surface area contributed by atoms with E-state index in [2.05, 4.69) is 17.4 Å². The number of thiophene rings is 1. The number of nitrogens with one attached hydrogen (secondary N) is 1. The standard InChI is InChI=1S/C24H24Cl2N2O4S/c1-4-10-31-24(30)19-14-9-8-12(2)11-17(14)33-23(19)27-22(29)18-13(3)32-28-21(18)20-15(25)6-5-7-16(20)26/h5-7,12H,4,8-11H2,1-3H3,(H,27,29)/t12-/m0/s1. The van der Waals surface area contributed by atoms with Gasteiger partial charge in [0.25, 0.3) is 5.91 Å². The van der Waals surface area contributed by atoms with Gasteiger partial charge in [0, 0.05) is 10.4 Å². The maximum absolute atomic E-state index is 13.4. The number of amides is 1. The summed E-state index contributed by atoms with van der Waals surface area (Å²) in [6, 6.07) is 5.06. The van der Waals surface area contributed by atoms with Crippen LogP contribution in [0.15, 0.2) is 22.7 Å². The Morgan fingerprint density at radius 3 is 2.70 bits per heavy atom. The van der Waals surface area contributed by atoms with Gasteiger partial charge in [-0.3, -0.25) is 4.79 Å². The first-order valence-electron chi connectivity index (χ1n) is 10.8. The van der Waals surface area contributed by atoms with Crippen LogP contribution < -0.4 is 5.32 Å². The Kier molecular flexibility index (Phi) is 7.12. The van der Waals surface area contributed by atoms with Crippen LogP contribution in [0.3, 0.4) is 0 Å². The Balaban J connectivity index is 1.73. The molecular weight excluding hydrogens is 483 g/mol. The van der Waals surface area contributed by atoms with Gasteiger partial charge in [-0.2, -0.15) is 0 Å². The van der Waals surface area contributed by atoms with Crippen LogP contribution in [-0.4, -0.2) is 23.6 Å². The monoisotopic (exact) mass is 506 g/mol. The summed E-state index contributed by atoms with van der Waals surface area (Å²) in [6.07, 6.45) is 3.37. The van der Waals surface area contributed by atoms with Gasteiger partial charge in [0.05, 0.1) is 22.2 Å². The van der Waals surface area contributed by atoms with Gasteiger partial charge in [0.1, 0.15) is 22.0 Å². The predicted molar refractivity (Wildman–Crippen MR) is 131 cm³/mol. The maximum Gasteiger partial charge on any atom is 0.341 e. The highest BCUT2D eigenvalue weighted by Crippen LogP contribution is 2.41. The van der Waals surface area contributed by atoms with Gasteiger partial charge in [0.2, 0.25) is 0 Å². The molecule has 0 bridgehead atoms. The summed E-state index contributed by atoms with van der Waals surface area (Å²) in [6.45, 7) is 6.10. The number of carbonyl (C=O) groups excluding carboxylic acids is 2. The van der Waals surface area contributed by atoms with Crippen molar-refractivity contribution in [1.82, 2.24) is 5.16 Å². The van der Waals surface area contributed by atoms with Gasteiger partial charge in [-0.05, 0) is 56.2 Å². The molecule has 0 aliphatic heterocycles. The van der Waals surface area contributed by atoms with E-state index in [0.29, 0.717) is 44.5 Å². The molecule has 1 N–H and O–H groups in total. The summed E-state index contributed by atoms with van der Waals surface area (Å²) < 4.78 is 10.8. The minimum absolute atomic E-state index is 0.220. The summed E-state index contributed by atoms with van der Waals surface area (Å²) in [5.41, 5.74) is 2.33. The third-order valence-electron chi connectivity index (χ3n) is 5.67. The second-order valence-corrected chi connectivity index (χ2v) is 10.1. The summed E-state index contributed by atoms with van der Waals surface area (Å²) >= 11 is 14.1. The van der Waals surface area contributed by atoms with Crippen LogP contribution >= 0.6 is 34.5 Å². The van der Waals surface area contributed by atoms with Crippen LogP contribution in [0, 0.1) is 12.8 Å². The lowest BCUT2D eigenvalue weighted by Crippen LogP contribution is -2.17. The van der Waals surface area contributed by atoms with Gasteiger partial charge in [0.15, 0.2) is 0 Å². The second kappa shape index (κ2) is 9.87. The number of halogens is 2. The van der Waals surface area contributed by atoms with Crippen LogP contribution in [0.25, 0.3) is 11.3 Å². The molecule has 174 valence electrons. The highest BCUT2D eigenvalue weighted by atomic mass is 35.5. The zero-order valence-electron chi connectivity index (χ0n) is 18.6. The van der Waals surface area contributed by atoms with E-state index in [9.17, 15) is 9.59 Å². The lowest BCUT2D eigenvalue weighted by atomic mass is 9.88. The van der Waals surface area contributed by atoms with E-state index in [1.54, 1.807) is 25.1 Å². The first kappa shape index (κ1) is 23.8.